The lowest BCUT2D eigenvalue weighted by atomic mass is 10.2. The van der Waals surface area contributed by atoms with Crippen molar-refractivity contribution in [2.45, 2.75) is 6.54 Å². The second-order valence-corrected chi connectivity index (χ2v) is 7.37. The van der Waals surface area contributed by atoms with Gasteiger partial charge in [-0.15, -0.1) is 10.2 Å². The quantitative estimate of drug-likeness (QED) is 0.437. The minimum Gasteiger partial charge on any atom is -0.455 e. The van der Waals surface area contributed by atoms with Gasteiger partial charge in [0.25, 0.3) is 5.56 Å². The number of nitrogens with zero attached hydrogens (tertiary/aromatic N) is 5. The van der Waals surface area contributed by atoms with Gasteiger partial charge >= 0.3 is 0 Å². The second kappa shape index (κ2) is 7.60. The molecule has 0 atom stereocenters. The molecule has 5 aromatic rings. The fourth-order valence-electron chi connectivity index (χ4n) is 3.77. The molecule has 31 heavy (non-hydrogen) atoms. The zero-order chi connectivity index (χ0) is 21.4. The predicted molar refractivity (Wildman–Crippen MR) is 121 cm³/mol. The Morgan fingerprint density at radius 1 is 0.903 bits per heavy atom. The summed E-state index contributed by atoms with van der Waals surface area (Å²) in [4.78, 5) is 14.7. The topological polar surface area (TPSA) is 64.7 Å². The van der Waals surface area contributed by atoms with Crippen LogP contribution in [0.2, 0.25) is 0 Å². The van der Waals surface area contributed by atoms with Crippen LogP contribution in [0.15, 0.2) is 83.7 Å². The van der Waals surface area contributed by atoms with Crippen molar-refractivity contribution in [3.05, 3.63) is 95.0 Å². The Labute approximate surface area is 178 Å². The van der Waals surface area contributed by atoms with E-state index in [2.05, 4.69) is 15.1 Å². The molecule has 0 amide bonds. The molecule has 0 spiro atoms. The molecule has 0 saturated heterocycles. The molecule has 0 saturated carbocycles. The van der Waals surface area contributed by atoms with E-state index >= 15 is 0 Å². The Bertz CT molecular complexity index is 1440. The van der Waals surface area contributed by atoms with E-state index in [1.165, 1.54) is 4.57 Å². The number of hydrogen-bond acceptors (Lipinski definition) is 5. The average molecular weight is 411 g/mol. The largest absolute Gasteiger partial charge is 0.455 e. The number of para-hydroxylation sites is 4. The van der Waals surface area contributed by atoms with Crippen molar-refractivity contribution in [1.82, 2.24) is 19.2 Å². The van der Waals surface area contributed by atoms with Gasteiger partial charge < -0.3 is 9.64 Å². The third kappa shape index (κ3) is 3.30. The van der Waals surface area contributed by atoms with Crippen molar-refractivity contribution < 1.29 is 4.74 Å². The molecule has 0 unspecified atom stereocenters. The first-order valence-electron chi connectivity index (χ1n) is 9.98. The summed E-state index contributed by atoms with van der Waals surface area (Å²) in [6.07, 6.45) is 0. The van der Waals surface area contributed by atoms with E-state index in [0.717, 1.165) is 28.5 Å². The monoisotopic (exact) mass is 411 g/mol. The van der Waals surface area contributed by atoms with Crippen molar-refractivity contribution >= 4 is 22.4 Å². The number of hydrogen-bond donors (Lipinski definition) is 0. The number of ether oxygens (including phenoxy) is 1. The van der Waals surface area contributed by atoms with Crippen LogP contribution in [0.1, 0.15) is 5.82 Å². The summed E-state index contributed by atoms with van der Waals surface area (Å²) in [7, 11) is 3.70. The summed E-state index contributed by atoms with van der Waals surface area (Å²) in [5, 5.41) is 9.31. The number of rotatable bonds is 5. The van der Waals surface area contributed by atoms with Crippen LogP contribution in [0.3, 0.4) is 0 Å². The van der Waals surface area contributed by atoms with Gasteiger partial charge in [0.2, 0.25) is 5.78 Å². The Morgan fingerprint density at radius 3 is 2.45 bits per heavy atom. The molecule has 0 bridgehead atoms. The maximum atomic E-state index is 12.7. The van der Waals surface area contributed by atoms with Gasteiger partial charge in [-0.25, -0.2) is 0 Å². The lowest BCUT2D eigenvalue weighted by Crippen LogP contribution is -2.22. The van der Waals surface area contributed by atoms with Crippen LogP contribution in [0.25, 0.3) is 16.7 Å². The van der Waals surface area contributed by atoms with Crippen LogP contribution >= 0.6 is 0 Å². The zero-order valence-corrected chi connectivity index (χ0v) is 17.3. The Kier molecular flexibility index (Phi) is 4.63. The lowest BCUT2D eigenvalue weighted by molar-refractivity contribution is 0.482. The highest BCUT2D eigenvalue weighted by Crippen LogP contribution is 2.32. The van der Waals surface area contributed by atoms with Crippen molar-refractivity contribution in [2.75, 3.05) is 11.9 Å². The number of benzene rings is 3. The minimum atomic E-state index is -0.0861. The summed E-state index contributed by atoms with van der Waals surface area (Å²) >= 11 is 0. The molecular weight excluding hydrogens is 390 g/mol. The summed E-state index contributed by atoms with van der Waals surface area (Å²) in [6, 6.07) is 25.1. The summed E-state index contributed by atoms with van der Waals surface area (Å²) in [6.45, 7) is 0.485. The highest BCUT2D eigenvalue weighted by molar-refractivity contribution is 5.80. The molecule has 0 radical (unpaired) electrons. The van der Waals surface area contributed by atoms with E-state index in [1.54, 1.807) is 7.05 Å². The molecule has 2 aromatic heterocycles. The van der Waals surface area contributed by atoms with Crippen LogP contribution in [0.5, 0.6) is 11.5 Å². The summed E-state index contributed by atoms with van der Waals surface area (Å²) in [5.41, 5.74) is 1.64. The van der Waals surface area contributed by atoms with Gasteiger partial charge in [0.15, 0.2) is 11.6 Å². The predicted octanol–water partition coefficient (Wildman–Crippen LogP) is 4.01. The van der Waals surface area contributed by atoms with Crippen LogP contribution in [0.4, 0.5) is 5.69 Å². The maximum absolute atomic E-state index is 12.7. The van der Waals surface area contributed by atoms with Gasteiger partial charge in [0.1, 0.15) is 5.75 Å². The molecule has 0 N–H and O–H groups in total. The van der Waals surface area contributed by atoms with Crippen LogP contribution in [0, 0.1) is 0 Å². The highest BCUT2D eigenvalue weighted by atomic mass is 16.5. The second-order valence-electron chi connectivity index (χ2n) is 7.37. The molecule has 0 aliphatic rings. The molecule has 154 valence electrons. The smallest absolute Gasteiger partial charge is 0.262 e. The van der Waals surface area contributed by atoms with E-state index in [9.17, 15) is 4.79 Å². The van der Waals surface area contributed by atoms with Crippen molar-refractivity contribution in [3.8, 4) is 11.5 Å². The third-order valence-corrected chi connectivity index (χ3v) is 5.32. The van der Waals surface area contributed by atoms with Gasteiger partial charge in [-0.3, -0.25) is 13.8 Å². The maximum Gasteiger partial charge on any atom is 0.262 e. The van der Waals surface area contributed by atoms with E-state index < -0.39 is 0 Å². The van der Waals surface area contributed by atoms with Crippen molar-refractivity contribution in [1.29, 1.82) is 0 Å². The Balaban J connectivity index is 1.55. The zero-order valence-electron chi connectivity index (χ0n) is 17.3. The number of aromatic nitrogens is 4. The fraction of sp³-hybridized carbons (Fsp3) is 0.125. The molecule has 5 rings (SSSR count). The first-order valence-corrected chi connectivity index (χ1v) is 9.98. The molecular formula is C24H21N5O2. The third-order valence-electron chi connectivity index (χ3n) is 5.32. The van der Waals surface area contributed by atoms with Crippen molar-refractivity contribution in [3.63, 3.8) is 0 Å². The standard InChI is InChI=1S/C24H21N5O2/c1-27(20-14-8-9-15-21(20)31-17-10-4-3-5-11-17)16-22-25-26-24-28(2)23(30)18-12-6-7-13-19(18)29(22)24/h3-15H,16H2,1-2H3. The van der Waals surface area contributed by atoms with Gasteiger partial charge in [-0.2, -0.15) is 0 Å². The van der Waals surface area contributed by atoms with E-state index in [-0.39, 0.29) is 5.56 Å². The summed E-state index contributed by atoms with van der Waals surface area (Å²) in [5.74, 6) is 2.78. The fourth-order valence-corrected chi connectivity index (χ4v) is 3.77. The minimum absolute atomic E-state index is 0.0861. The molecule has 7 nitrogen and oxygen atoms in total. The van der Waals surface area contributed by atoms with Crippen LogP contribution in [-0.2, 0) is 13.6 Å². The van der Waals surface area contributed by atoms with Gasteiger partial charge in [0, 0.05) is 14.1 Å². The molecule has 0 aliphatic carbocycles. The summed E-state index contributed by atoms with van der Waals surface area (Å²) < 4.78 is 9.58. The molecule has 2 heterocycles. The normalized spacial score (nSPS) is 11.2. The lowest BCUT2D eigenvalue weighted by Gasteiger charge is -2.21. The Morgan fingerprint density at radius 2 is 1.61 bits per heavy atom. The van der Waals surface area contributed by atoms with Crippen molar-refractivity contribution in [2.24, 2.45) is 7.05 Å². The van der Waals surface area contributed by atoms with Gasteiger partial charge in [-0.05, 0) is 36.4 Å². The van der Waals surface area contributed by atoms with Gasteiger partial charge in [-0.1, -0.05) is 42.5 Å². The molecule has 3 aromatic carbocycles. The number of fused-ring (bicyclic) bond motifs is 3. The van der Waals surface area contributed by atoms with Gasteiger partial charge in [0.05, 0.1) is 23.1 Å². The average Bonchev–Trinajstić information content (AvgIpc) is 3.22. The van der Waals surface area contributed by atoms with E-state index in [0.29, 0.717) is 17.7 Å². The first-order chi connectivity index (χ1) is 15.1. The highest BCUT2D eigenvalue weighted by Gasteiger charge is 2.17. The molecule has 0 aliphatic heterocycles. The number of aryl methyl sites for hydroxylation is 1. The number of anilines is 1. The first kappa shape index (κ1) is 18.9. The molecule has 7 heteroatoms. The van der Waals surface area contributed by atoms with E-state index in [4.69, 9.17) is 4.74 Å². The van der Waals surface area contributed by atoms with E-state index in [1.807, 2.05) is 90.3 Å². The Hall–Kier alpha value is -4.13. The SMILES string of the molecule is CN(Cc1nnc2n(C)c(=O)c3ccccc3n12)c1ccccc1Oc1ccccc1. The molecule has 0 fully saturated rings. The van der Waals surface area contributed by atoms with Crippen LogP contribution < -0.4 is 15.2 Å². The van der Waals surface area contributed by atoms with Crippen LogP contribution in [-0.4, -0.2) is 26.2 Å².